The number of ether oxygens (including phenoxy) is 12. The second kappa shape index (κ2) is 31.9. The van der Waals surface area contributed by atoms with Crippen molar-refractivity contribution in [3.05, 3.63) is 0 Å². The molecule has 0 bridgehead atoms. The summed E-state index contributed by atoms with van der Waals surface area (Å²) in [4.78, 5) is 22.6. The molecule has 0 aliphatic carbocycles. The van der Waals surface area contributed by atoms with E-state index in [4.69, 9.17) is 56.8 Å². The zero-order chi connectivity index (χ0) is 31.7. The summed E-state index contributed by atoms with van der Waals surface area (Å²) in [5.74, 6) is -0.644. The Morgan fingerprint density at radius 3 is 0.977 bits per heavy atom. The first-order valence-electron chi connectivity index (χ1n) is 15.0. The average Bonchev–Trinajstić information content (AvgIpc) is 2.95. The van der Waals surface area contributed by atoms with Gasteiger partial charge in [-0.3, -0.25) is 4.79 Å². The molecule has 0 aromatic heterocycles. The van der Waals surface area contributed by atoms with Crippen molar-refractivity contribution in [1.29, 1.82) is 0 Å². The van der Waals surface area contributed by atoms with Crippen LogP contribution in [-0.2, 0) is 66.4 Å². The maximum Gasteiger partial charge on any atom is 0.332 e. The Morgan fingerprint density at radius 1 is 0.419 bits per heavy atom. The molecule has 0 aliphatic heterocycles. The minimum Gasteiger partial charge on any atom is -0.466 e. The molecule has 14 nitrogen and oxygen atoms in total. The third-order valence-electron chi connectivity index (χ3n) is 4.74. The normalized spacial score (nSPS) is 11.6. The summed E-state index contributed by atoms with van der Waals surface area (Å²) in [5.41, 5.74) is -0.513. The number of hydrogen-bond acceptors (Lipinski definition) is 14. The van der Waals surface area contributed by atoms with Crippen LogP contribution in [-0.4, -0.2) is 156 Å². The predicted molar refractivity (Wildman–Crippen MR) is 155 cm³/mol. The second-order valence-corrected chi connectivity index (χ2v) is 9.71. The highest BCUT2D eigenvalue weighted by molar-refractivity contribution is 5.71. The fourth-order valence-corrected chi connectivity index (χ4v) is 2.89. The summed E-state index contributed by atoms with van der Waals surface area (Å²) in [6, 6.07) is 0. The first-order valence-corrected chi connectivity index (χ1v) is 15.0. The van der Waals surface area contributed by atoms with E-state index >= 15 is 0 Å². The summed E-state index contributed by atoms with van der Waals surface area (Å²) < 4.78 is 63.8. The Balaban J connectivity index is 3.12. The van der Waals surface area contributed by atoms with Gasteiger partial charge in [-0.05, 0) is 27.7 Å². The molecule has 43 heavy (non-hydrogen) atoms. The molecule has 0 unspecified atom stereocenters. The third-order valence-corrected chi connectivity index (χ3v) is 4.74. The van der Waals surface area contributed by atoms with Crippen molar-refractivity contribution in [3.8, 4) is 0 Å². The lowest BCUT2D eigenvalue weighted by Gasteiger charge is -2.19. The quantitative estimate of drug-likeness (QED) is 0.0763. The first kappa shape index (κ1) is 41.5. The average molecular weight is 629 g/mol. The van der Waals surface area contributed by atoms with Gasteiger partial charge in [0.2, 0.25) is 0 Å². The van der Waals surface area contributed by atoms with Gasteiger partial charge in [-0.2, -0.15) is 0 Å². The van der Waals surface area contributed by atoms with Gasteiger partial charge in [-0.15, -0.1) is 0 Å². The van der Waals surface area contributed by atoms with Gasteiger partial charge in [-0.25, -0.2) is 4.79 Å². The largest absolute Gasteiger partial charge is 0.466 e. The van der Waals surface area contributed by atoms with Gasteiger partial charge in [0.05, 0.1) is 139 Å². The first-order chi connectivity index (χ1) is 20.8. The summed E-state index contributed by atoms with van der Waals surface area (Å²) in [6.07, 6.45) is 0.253. The van der Waals surface area contributed by atoms with E-state index in [1.165, 1.54) is 0 Å². The van der Waals surface area contributed by atoms with Crippen LogP contribution in [0.15, 0.2) is 0 Å². The molecule has 14 heteroatoms. The molecule has 0 aromatic rings. The molecular formula is C29H56O14. The molecule has 0 saturated heterocycles. The van der Waals surface area contributed by atoms with E-state index in [-0.39, 0.29) is 25.0 Å². The van der Waals surface area contributed by atoms with Crippen molar-refractivity contribution >= 4 is 11.9 Å². The van der Waals surface area contributed by atoms with Gasteiger partial charge in [0.25, 0.3) is 0 Å². The monoisotopic (exact) mass is 628 g/mol. The van der Waals surface area contributed by atoms with Crippen LogP contribution in [0.4, 0.5) is 0 Å². The maximum absolute atomic E-state index is 11.5. The molecule has 256 valence electrons. The zero-order valence-corrected chi connectivity index (χ0v) is 26.8. The highest BCUT2D eigenvalue weighted by Gasteiger charge is 2.15. The Morgan fingerprint density at radius 2 is 0.698 bits per heavy atom. The van der Waals surface area contributed by atoms with E-state index in [1.807, 2.05) is 20.8 Å². The van der Waals surface area contributed by atoms with E-state index in [0.29, 0.717) is 132 Å². The Kier molecular flexibility index (Phi) is 30.9. The molecular weight excluding hydrogens is 572 g/mol. The van der Waals surface area contributed by atoms with Crippen molar-refractivity contribution in [3.63, 3.8) is 0 Å². The summed E-state index contributed by atoms with van der Waals surface area (Å²) in [5, 5.41) is 0. The molecule has 0 atom stereocenters. The number of rotatable bonds is 33. The molecule has 0 saturated carbocycles. The molecule has 0 radical (unpaired) electrons. The molecule has 0 heterocycles. The number of esters is 2. The molecule has 0 N–H and O–H groups in total. The lowest BCUT2D eigenvalue weighted by atomic mass is 10.2. The topological polar surface area (TPSA) is 145 Å². The van der Waals surface area contributed by atoms with Crippen LogP contribution < -0.4 is 0 Å². The molecule has 0 aliphatic rings. The number of carbonyl (C=O) groups is 2. The fraction of sp³-hybridized carbons (Fsp3) is 0.931. The van der Waals surface area contributed by atoms with Gasteiger partial charge >= 0.3 is 11.9 Å². The fourth-order valence-electron chi connectivity index (χ4n) is 2.89. The predicted octanol–water partition coefficient (Wildman–Crippen LogP) is 1.45. The molecule has 0 rings (SSSR count). The third kappa shape index (κ3) is 36.6. The van der Waals surface area contributed by atoms with Crippen molar-refractivity contribution in [2.75, 3.05) is 139 Å². The van der Waals surface area contributed by atoms with Crippen LogP contribution in [0.5, 0.6) is 0 Å². The lowest BCUT2D eigenvalue weighted by Crippen LogP contribution is -2.27. The van der Waals surface area contributed by atoms with E-state index in [2.05, 4.69) is 0 Å². The van der Waals surface area contributed by atoms with E-state index < -0.39 is 5.60 Å². The molecule has 0 spiro atoms. The number of carbonyl (C=O) groups excluding carboxylic acids is 2. The van der Waals surface area contributed by atoms with Gasteiger partial charge in [0, 0.05) is 0 Å². The van der Waals surface area contributed by atoms with Crippen molar-refractivity contribution in [2.24, 2.45) is 0 Å². The van der Waals surface area contributed by atoms with Crippen LogP contribution in [0.1, 0.15) is 34.1 Å². The summed E-state index contributed by atoms with van der Waals surface area (Å²) in [7, 11) is 0. The van der Waals surface area contributed by atoms with Gasteiger partial charge in [0.15, 0.2) is 0 Å². The maximum atomic E-state index is 11.5. The Labute approximate surface area is 257 Å². The minimum atomic E-state index is -0.513. The Bertz CT molecular complexity index is 614. The molecule has 0 aromatic carbocycles. The van der Waals surface area contributed by atoms with Gasteiger partial charge < -0.3 is 56.8 Å². The summed E-state index contributed by atoms with van der Waals surface area (Å²) in [6.45, 7) is 16.0. The number of hydrogen-bond donors (Lipinski definition) is 0. The minimum absolute atomic E-state index is 0.0859. The molecule has 0 amide bonds. The SMILES string of the molecule is CCOC(=O)CCOCCOCCOCCOCCOCCOCCOCCOCCOCCOCC(=O)OC(C)(C)C. The lowest BCUT2D eigenvalue weighted by molar-refractivity contribution is -0.160. The van der Waals surface area contributed by atoms with Crippen LogP contribution in [0.2, 0.25) is 0 Å². The highest BCUT2D eigenvalue weighted by Crippen LogP contribution is 2.06. The Hall–Kier alpha value is -1.46. The van der Waals surface area contributed by atoms with Gasteiger partial charge in [-0.1, -0.05) is 0 Å². The van der Waals surface area contributed by atoms with Crippen LogP contribution in [0.3, 0.4) is 0 Å². The highest BCUT2D eigenvalue weighted by atomic mass is 16.6. The van der Waals surface area contributed by atoms with Crippen molar-refractivity contribution in [2.45, 2.75) is 39.7 Å². The molecule has 0 fully saturated rings. The van der Waals surface area contributed by atoms with E-state index in [0.717, 1.165) is 0 Å². The van der Waals surface area contributed by atoms with Crippen LogP contribution in [0, 0.1) is 0 Å². The van der Waals surface area contributed by atoms with Crippen molar-refractivity contribution in [1.82, 2.24) is 0 Å². The smallest absolute Gasteiger partial charge is 0.332 e. The standard InChI is InChI=1S/C29H56O14/c1-5-42-27(30)6-7-32-8-9-33-10-11-34-12-13-35-14-15-36-16-17-37-18-19-38-20-21-39-22-23-40-24-25-41-26-28(31)43-29(2,3)4/h5-26H2,1-4H3. The van der Waals surface area contributed by atoms with Crippen LogP contribution in [0.25, 0.3) is 0 Å². The van der Waals surface area contributed by atoms with Gasteiger partial charge in [0.1, 0.15) is 12.2 Å². The second-order valence-electron chi connectivity index (χ2n) is 9.71. The van der Waals surface area contributed by atoms with Crippen molar-refractivity contribution < 1.29 is 66.4 Å². The zero-order valence-electron chi connectivity index (χ0n) is 26.8. The van der Waals surface area contributed by atoms with E-state index in [9.17, 15) is 9.59 Å². The van der Waals surface area contributed by atoms with Crippen LogP contribution >= 0.6 is 0 Å². The summed E-state index contributed by atoms with van der Waals surface area (Å²) >= 11 is 0. The van der Waals surface area contributed by atoms with E-state index in [1.54, 1.807) is 6.92 Å².